The van der Waals surface area contributed by atoms with Gasteiger partial charge < -0.3 is 14.6 Å². The first-order valence-corrected chi connectivity index (χ1v) is 11.5. The third-order valence-corrected chi connectivity index (χ3v) is 6.77. The van der Waals surface area contributed by atoms with Crippen LogP contribution in [-0.2, 0) is 24.4 Å². The predicted molar refractivity (Wildman–Crippen MR) is 123 cm³/mol. The van der Waals surface area contributed by atoms with Crippen LogP contribution in [0.25, 0.3) is 10.9 Å². The van der Waals surface area contributed by atoms with E-state index in [2.05, 4.69) is 20.2 Å². The summed E-state index contributed by atoms with van der Waals surface area (Å²) in [5, 5.41) is 9.78. The first-order valence-electron chi connectivity index (χ1n) is 11.5. The summed E-state index contributed by atoms with van der Waals surface area (Å²) in [6, 6.07) is 14.5. The molecule has 0 aliphatic carbocycles. The maximum atomic E-state index is 14.2. The lowest BCUT2D eigenvalue weighted by Crippen LogP contribution is -2.48. The van der Waals surface area contributed by atoms with Gasteiger partial charge in [-0.15, -0.1) is 5.10 Å². The van der Waals surface area contributed by atoms with Crippen LogP contribution in [0.2, 0.25) is 0 Å². The lowest BCUT2D eigenvalue weighted by Gasteiger charge is -2.34. The normalized spacial score (nSPS) is 18.9. The molecule has 8 nitrogen and oxygen atoms in total. The van der Waals surface area contributed by atoms with E-state index in [-0.39, 0.29) is 17.8 Å². The van der Waals surface area contributed by atoms with Crippen molar-refractivity contribution in [1.29, 1.82) is 0 Å². The fourth-order valence-corrected chi connectivity index (χ4v) is 4.79. The molecule has 9 heteroatoms. The second-order valence-corrected chi connectivity index (χ2v) is 8.83. The van der Waals surface area contributed by atoms with Crippen LogP contribution in [0.5, 0.6) is 0 Å². The number of carbonyl (C=O) groups excluding carboxylic acids is 1. The highest BCUT2D eigenvalue weighted by Gasteiger charge is 2.28. The number of hydrogen-bond acceptors (Lipinski definition) is 5. The van der Waals surface area contributed by atoms with Gasteiger partial charge in [0.1, 0.15) is 17.6 Å². The van der Waals surface area contributed by atoms with Crippen LogP contribution in [0, 0.1) is 5.82 Å². The number of fused-ring (bicyclic) bond motifs is 2. The van der Waals surface area contributed by atoms with Gasteiger partial charge in [0.25, 0.3) is 5.91 Å². The number of ether oxygens (including phenoxy) is 1. The number of rotatable bonds is 4. The summed E-state index contributed by atoms with van der Waals surface area (Å²) < 4.78 is 21.9. The molecule has 4 aromatic rings. The number of aromatic nitrogens is 4. The van der Waals surface area contributed by atoms with Gasteiger partial charge in [-0.3, -0.25) is 9.69 Å². The lowest BCUT2D eigenvalue weighted by molar-refractivity contribution is -0.00418. The molecular formula is C25H25FN6O2. The van der Waals surface area contributed by atoms with Crippen molar-refractivity contribution in [3.63, 3.8) is 0 Å². The minimum atomic E-state index is -0.372. The minimum absolute atomic E-state index is 0.0600. The van der Waals surface area contributed by atoms with E-state index in [4.69, 9.17) is 4.74 Å². The maximum absolute atomic E-state index is 14.2. The molecule has 0 saturated carbocycles. The molecule has 6 rings (SSSR count). The zero-order valence-electron chi connectivity index (χ0n) is 18.7. The SMILES string of the molecule is O=C(c1ccc2cc[nH]c2c1)N1CCN(Cc2nnn3c2CO[C@@H](c2ccccc2F)C3)CC1. The third-order valence-electron chi connectivity index (χ3n) is 6.77. The average Bonchev–Trinajstić information content (AvgIpc) is 3.50. The van der Waals surface area contributed by atoms with Crippen LogP contribution in [0.3, 0.4) is 0 Å². The Hall–Kier alpha value is -3.56. The molecule has 0 spiro atoms. The van der Waals surface area contributed by atoms with Crippen LogP contribution in [0.1, 0.15) is 33.4 Å². The molecule has 1 N–H and O–H groups in total. The molecule has 1 amide bonds. The summed E-state index contributed by atoms with van der Waals surface area (Å²) in [6.07, 6.45) is 1.51. The molecule has 0 unspecified atom stereocenters. The largest absolute Gasteiger partial charge is 0.365 e. The molecule has 34 heavy (non-hydrogen) atoms. The second kappa shape index (κ2) is 8.66. The quantitative estimate of drug-likeness (QED) is 0.506. The number of piperazine rings is 1. The van der Waals surface area contributed by atoms with Gasteiger partial charge in [0.2, 0.25) is 0 Å². The smallest absolute Gasteiger partial charge is 0.254 e. The van der Waals surface area contributed by atoms with E-state index < -0.39 is 0 Å². The number of nitrogens with zero attached hydrogens (tertiary/aromatic N) is 5. The van der Waals surface area contributed by atoms with E-state index in [1.165, 1.54) is 6.07 Å². The standard InChI is InChI=1S/C25H25FN6O2/c26-20-4-2-1-3-19(20)24-15-32-23(16-34-24)22(28-29-32)14-30-9-11-31(12-10-30)25(33)18-6-5-17-7-8-27-21(17)13-18/h1-8,13,24,27H,9-12,14-16H2/t24-/m1/s1. The zero-order chi connectivity index (χ0) is 23.1. The molecule has 2 aliphatic rings. The molecule has 2 aromatic heterocycles. The average molecular weight is 461 g/mol. The summed E-state index contributed by atoms with van der Waals surface area (Å²) in [5.41, 5.74) is 4.04. The molecule has 1 saturated heterocycles. The Morgan fingerprint density at radius 2 is 1.97 bits per heavy atom. The first kappa shape index (κ1) is 21.0. The Labute approximate surface area is 195 Å². The van der Waals surface area contributed by atoms with E-state index in [1.54, 1.807) is 12.1 Å². The van der Waals surface area contributed by atoms with Crippen LogP contribution in [-0.4, -0.2) is 61.9 Å². The summed E-state index contributed by atoms with van der Waals surface area (Å²) in [4.78, 5) is 20.3. The van der Waals surface area contributed by atoms with Gasteiger partial charge in [-0.25, -0.2) is 9.07 Å². The van der Waals surface area contributed by atoms with Crippen LogP contribution in [0.4, 0.5) is 4.39 Å². The van der Waals surface area contributed by atoms with Crippen molar-refractivity contribution in [3.8, 4) is 0 Å². The number of carbonyl (C=O) groups is 1. The highest BCUT2D eigenvalue weighted by Crippen LogP contribution is 2.29. The van der Waals surface area contributed by atoms with Crippen molar-refractivity contribution in [2.45, 2.75) is 25.8 Å². The van der Waals surface area contributed by atoms with Gasteiger partial charge in [-0.1, -0.05) is 29.5 Å². The maximum Gasteiger partial charge on any atom is 0.254 e. The molecule has 2 aliphatic heterocycles. The van der Waals surface area contributed by atoms with Crippen molar-refractivity contribution in [3.05, 3.63) is 83.1 Å². The van der Waals surface area contributed by atoms with Crippen molar-refractivity contribution in [2.24, 2.45) is 0 Å². The topological polar surface area (TPSA) is 79.3 Å². The fraction of sp³-hybridized carbons (Fsp3) is 0.320. The van der Waals surface area contributed by atoms with E-state index in [1.807, 2.05) is 46.1 Å². The zero-order valence-corrected chi connectivity index (χ0v) is 18.7. The Bertz CT molecular complexity index is 1340. The van der Waals surface area contributed by atoms with Gasteiger partial charge in [0.05, 0.1) is 18.8 Å². The van der Waals surface area contributed by atoms with Crippen LogP contribution < -0.4 is 0 Å². The molecule has 1 atom stereocenters. The Kier molecular flexibility index (Phi) is 5.35. The molecule has 4 heterocycles. The molecule has 174 valence electrons. The highest BCUT2D eigenvalue weighted by molar-refractivity contribution is 5.98. The second-order valence-electron chi connectivity index (χ2n) is 8.83. The molecule has 1 fully saturated rings. The summed E-state index contributed by atoms with van der Waals surface area (Å²) in [7, 11) is 0. The number of hydrogen-bond donors (Lipinski definition) is 1. The van der Waals surface area contributed by atoms with Crippen molar-refractivity contribution < 1.29 is 13.9 Å². The predicted octanol–water partition coefficient (Wildman–Crippen LogP) is 3.13. The van der Waals surface area contributed by atoms with Crippen molar-refractivity contribution >= 4 is 16.8 Å². The van der Waals surface area contributed by atoms with Gasteiger partial charge in [-0.05, 0) is 29.7 Å². The molecule has 2 aromatic carbocycles. The van der Waals surface area contributed by atoms with E-state index in [0.29, 0.717) is 43.9 Å². The Balaban J connectivity index is 1.07. The monoisotopic (exact) mass is 460 g/mol. The van der Waals surface area contributed by atoms with Gasteiger partial charge in [0.15, 0.2) is 0 Å². The third kappa shape index (κ3) is 3.86. The van der Waals surface area contributed by atoms with Crippen LogP contribution in [0.15, 0.2) is 54.7 Å². The van der Waals surface area contributed by atoms with E-state index in [0.717, 1.165) is 35.4 Å². The van der Waals surface area contributed by atoms with Gasteiger partial charge >= 0.3 is 0 Å². The summed E-state index contributed by atoms with van der Waals surface area (Å²) in [6.45, 7) is 4.30. The molecule has 0 radical (unpaired) electrons. The van der Waals surface area contributed by atoms with Crippen LogP contribution >= 0.6 is 0 Å². The van der Waals surface area contributed by atoms with Crippen molar-refractivity contribution in [2.75, 3.05) is 26.2 Å². The lowest BCUT2D eigenvalue weighted by atomic mass is 10.1. The number of halogens is 1. The van der Waals surface area contributed by atoms with Gasteiger partial charge in [-0.2, -0.15) is 0 Å². The number of benzene rings is 2. The number of H-pyrrole nitrogens is 1. The van der Waals surface area contributed by atoms with E-state index >= 15 is 0 Å². The molecule has 0 bridgehead atoms. The number of aromatic amines is 1. The number of nitrogens with one attached hydrogen (secondary N) is 1. The Morgan fingerprint density at radius 3 is 2.82 bits per heavy atom. The Morgan fingerprint density at radius 1 is 1.12 bits per heavy atom. The van der Waals surface area contributed by atoms with Gasteiger partial charge in [0, 0.05) is 55.6 Å². The molecular weight excluding hydrogens is 435 g/mol. The summed E-state index contributed by atoms with van der Waals surface area (Å²) >= 11 is 0. The number of amides is 1. The first-order chi connectivity index (χ1) is 16.7. The van der Waals surface area contributed by atoms with Crippen molar-refractivity contribution in [1.82, 2.24) is 29.8 Å². The fourth-order valence-electron chi connectivity index (χ4n) is 4.79. The summed E-state index contributed by atoms with van der Waals surface area (Å²) in [5.74, 6) is -0.207. The minimum Gasteiger partial charge on any atom is -0.365 e. The van der Waals surface area contributed by atoms with E-state index in [9.17, 15) is 9.18 Å². The highest BCUT2D eigenvalue weighted by atomic mass is 19.1.